The number of carbonyl (C=O) groups is 2. The highest BCUT2D eigenvalue weighted by Gasteiger charge is 2.09. The summed E-state index contributed by atoms with van der Waals surface area (Å²) in [5.41, 5.74) is 13.5. The van der Waals surface area contributed by atoms with Crippen LogP contribution < -0.4 is 25.7 Å². The van der Waals surface area contributed by atoms with Gasteiger partial charge in [0.05, 0.1) is 25.4 Å². The summed E-state index contributed by atoms with van der Waals surface area (Å²) in [5, 5.41) is 2.00. The van der Waals surface area contributed by atoms with Crippen LogP contribution in [0.2, 0.25) is 0 Å². The summed E-state index contributed by atoms with van der Waals surface area (Å²) in [6.45, 7) is 3.74. The van der Waals surface area contributed by atoms with Crippen LogP contribution in [0.1, 0.15) is 61.4 Å². The van der Waals surface area contributed by atoms with Gasteiger partial charge in [-0.3, -0.25) is 0 Å². The fourth-order valence-corrected chi connectivity index (χ4v) is 4.50. The van der Waals surface area contributed by atoms with Gasteiger partial charge >= 0.3 is 11.9 Å². The maximum absolute atomic E-state index is 12.4. The molecule has 0 fully saturated rings. The van der Waals surface area contributed by atoms with Crippen LogP contribution in [0.25, 0.3) is 16.8 Å². The Hall–Kier alpha value is -4.98. The smallest absolute Gasteiger partial charge is 0.338 e. The molecular formula is C36H40N2O6. The minimum atomic E-state index is -0.455. The van der Waals surface area contributed by atoms with Crippen molar-refractivity contribution in [2.45, 2.75) is 45.4 Å². The molecule has 44 heavy (non-hydrogen) atoms. The zero-order valence-corrected chi connectivity index (χ0v) is 25.1. The van der Waals surface area contributed by atoms with E-state index in [0.717, 1.165) is 66.4 Å². The molecule has 4 aromatic rings. The molecule has 230 valence electrons. The molecular weight excluding hydrogens is 556 g/mol. The number of ether oxygens (including phenoxy) is 4. The Morgan fingerprint density at radius 3 is 1.95 bits per heavy atom. The topological polar surface area (TPSA) is 123 Å². The van der Waals surface area contributed by atoms with Gasteiger partial charge in [-0.2, -0.15) is 0 Å². The van der Waals surface area contributed by atoms with E-state index in [2.05, 4.69) is 6.92 Å². The molecule has 0 heterocycles. The first-order chi connectivity index (χ1) is 21.4. The Balaban J connectivity index is 1.13. The Labute approximate surface area is 258 Å². The van der Waals surface area contributed by atoms with Crippen LogP contribution in [0.5, 0.6) is 17.2 Å². The lowest BCUT2D eigenvalue weighted by molar-refractivity contribution is -0.128. The minimum absolute atomic E-state index is 0.313. The lowest BCUT2D eigenvalue weighted by Gasteiger charge is -2.08. The van der Waals surface area contributed by atoms with E-state index >= 15 is 0 Å². The molecule has 0 aliphatic carbocycles. The van der Waals surface area contributed by atoms with Crippen LogP contribution in [0.4, 0.5) is 11.4 Å². The average Bonchev–Trinajstić information content (AvgIpc) is 3.01. The van der Waals surface area contributed by atoms with E-state index in [0.29, 0.717) is 42.5 Å². The minimum Gasteiger partial charge on any atom is -0.494 e. The van der Waals surface area contributed by atoms with Gasteiger partial charge in [-0.25, -0.2) is 9.59 Å². The second kappa shape index (κ2) is 16.6. The van der Waals surface area contributed by atoms with Crippen LogP contribution in [-0.4, -0.2) is 31.8 Å². The lowest BCUT2D eigenvalue weighted by Crippen LogP contribution is -2.08. The number of rotatable bonds is 16. The van der Waals surface area contributed by atoms with Crippen molar-refractivity contribution in [3.8, 4) is 17.2 Å². The van der Waals surface area contributed by atoms with Gasteiger partial charge in [-0.1, -0.05) is 44.0 Å². The molecule has 0 amide bonds. The van der Waals surface area contributed by atoms with Crippen molar-refractivity contribution < 1.29 is 28.5 Å². The van der Waals surface area contributed by atoms with Gasteiger partial charge in [0.1, 0.15) is 17.2 Å². The number of hydrogen-bond donors (Lipinski definition) is 2. The fourth-order valence-electron chi connectivity index (χ4n) is 4.50. The van der Waals surface area contributed by atoms with Gasteiger partial charge in [0, 0.05) is 17.5 Å². The van der Waals surface area contributed by atoms with Crippen LogP contribution in [0.3, 0.4) is 0 Å². The fraction of sp³-hybridized carbons (Fsp3) is 0.278. The highest BCUT2D eigenvalue weighted by Crippen LogP contribution is 2.25. The normalized spacial score (nSPS) is 11.0. The van der Waals surface area contributed by atoms with E-state index in [1.165, 1.54) is 6.08 Å². The first-order valence-electron chi connectivity index (χ1n) is 15.0. The van der Waals surface area contributed by atoms with Crippen LogP contribution in [0, 0.1) is 0 Å². The van der Waals surface area contributed by atoms with E-state index in [9.17, 15) is 9.59 Å². The molecule has 0 bridgehead atoms. The summed E-state index contributed by atoms with van der Waals surface area (Å²) in [7, 11) is 0. The van der Waals surface area contributed by atoms with Crippen LogP contribution in [-0.2, 0) is 9.53 Å². The molecule has 0 atom stereocenters. The molecule has 0 unspecified atom stereocenters. The molecule has 4 rings (SSSR count). The van der Waals surface area contributed by atoms with Crippen molar-refractivity contribution in [1.29, 1.82) is 0 Å². The molecule has 4 aromatic carbocycles. The SMILES string of the molecule is CCCCCOc1ccc2cc(OC(=O)/C=C/c3ccc(OCCCCCOC(=O)c4cc(N)cc(N)c4)cc3)ccc2c1. The molecule has 0 aliphatic heterocycles. The van der Waals surface area contributed by atoms with Crippen LogP contribution in [0.15, 0.2) is 84.9 Å². The number of unbranched alkanes of at least 4 members (excludes halogenated alkanes) is 4. The number of anilines is 2. The summed E-state index contributed by atoms with van der Waals surface area (Å²) in [6, 6.07) is 23.6. The van der Waals surface area contributed by atoms with Gasteiger partial charge in [0.25, 0.3) is 0 Å². The third-order valence-electron chi connectivity index (χ3n) is 6.81. The molecule has 0 spiro atoms. The third kappa shape index (κ3) is 10.4. The molecule has 0 saturated carbocycles. The Kier molecular flexibility index (Phi) is 12.1. The summed E-state index contributed by atoms with van der Waals surface area (Å²) in [6.07, 6.45) is 8.86. The predicted molar refractivity (Wildman–Crippen MR) is 175 cm³/mol. The maximum Gasteiger partial charge on any atom is 0.338 e. The average molecular weight is 597 g/mol. The number of carbonyl (C=O) groups excluding carboxylic acids is 2. The first kappa shape index (κ1) is 31.9. The summed E-state index contributed by atoms with van der Waals surface area (Å²) in [4.78, 5) is 24.5. The number of hydrogen-bond acceptors (Lipinski definition) is 8. The Bertz CT molecular complexity index is 1540. The van der Waals surface area contributed by atoms with Crippen molar-refractivity contribution in [2.24, 2.45) is 0 Å². The lowest BCUT2D eigenvalue weighted by atomic mass is 10.1. The van der Waals surface area contributed by atoms with Gasteiger partial charge in [-0.05, 0) is 103 Å². The molecule has 0 saturated heterocycles. The number of fused-ring (bicyclic) bond motifs is 1. The molecule has 0 radical (unpaired) electrons. The van der Waals surface area contributed by atoms with Gasteiger partial charge in [0.15, 0.2) is 0 Å². The number of benzene rings is 4. The van der Waals surface area contributed by atoms with Crippen molar-refractivity contribution >= 4 is 40.2 Å². The van der Waals surface area contributed by atoms with Crippen molar-refractivity contribution in [1.82, 2.24) is 0 Å². The number of nitrogen functional groups attached to an aromatic ring is 2. The number of esters is 2. The Morgan fingerprint density at radius 1 is 0.659 bits per heavy atom. The van der Waals surface area contributed by atoms with Crippen molar-refractivity contribution in [3.05, 3.63) is 96.1 Å². The monoisotopic (exact) mass is 596 g/mol. The van der Waals surface area contributed by atoms with E-state index < -0.39 is 11.9 Å². The van der Waals surface area contributed by atoms with Gasteiger partial charge < -0.3 is 30.4 Å². The first-order valence-corrected chi connectivity index (χ1v) is 15.0. The zero-order valence-electron chi connectivity index (χ0n) is 25.1. The Morgan fingerprint density at radius 2 is 1.25 bits per heavy atom. The quantitative estimate of drug-likeness (QED) is 0.0446. The second-order valence-corrected chi connectivity index (χ2v) is 10.5. The molecule has 0 aliphatic rings. The summed E-state index contributed by atoms with van der Waals surface area (Å²) in [5.74, 6) is 1.17. The standard InChI is InChI=1S/C36H40N2O6/c1-2-3-5-18-42-33-15-11-28-24-34(16-12-27(28)23-33)44-35(39)17-10-26-8-13-32(14-9-26)41-19-6-4-7-20-43-36(40)29-21-30(37)25-31(38)22-29/h8-17,21-25H,2-7,18-20,37-38H2,1H3/b17-10+. The molecule has 8 heteroatoms. The second-order valence-electron chi connectivity index (χ2n) is 10.5. The third-order valence-corrected chi connectivity index (χ3v) is 6.81. The number of nitrogens with two attached hydrogens (primary N) is 2. The van der Waals surface area contributed by atoms with E-state index in [1.54, 1.807) is 30.3 Å². The van der Waals surface area contributed by atoms with Gasteiger partial charge in [0.2, 0.25) is 0 Å². The van der Waals surface area contributed by atoms with Crippen molar-refractivity contribution in [3.63, 3.8) is 0 Å². The molecule has 4 N–H and O–H groups in total. The molecule has 0 aromatic heterocycles. The summed E-state index contributed by atoms with van der Waals surface area (Å²) < 4.78 is 22.4. The highest BCUT2D eigenvalue weighted by molar-refractivity contribution is 5.92. The van der Waals surface area contributed by atoms with E-state index in [4.69, 9.17) is 30.4 Å². The maximum atomic E-state index is 12.4. The highest BCUT2D eigenvalue weighted by atomic mass is 16.5. The summed E-state index contributed by atoms with van der Waals surface area (Å²) >= 11 is 0. The van der Waals surface area contributed by atoms with Crippen LogP contribution >= 0.6 is 0 Å². The zero-order chi connectivity index (χ0) is 31.1. The molecule has 8 nitrogen and oxygen atoms in total. The van der Waals surface area contributed by atoms with E-state index in [-0.39, 0.29) is 0 Å². The predicted octanol–water partition coefficient (Wildman–Crippen LogP) is 7.60. The van der Waals surface area contributed by atoms with Crippen molar-refractivity contribution in [2.75, 3.05) is 31.3 Å². The largest absolute Gasteiger partial charge is 0.494 e. The van der Waals surface area contributed by atoms with E-state index in [1.807, 2.05) is 54.6 Å². The van der Waals surface area contributed by atoms with Gasteiger partial charge in [-0.15, -0.1) is 0 Å².